The molecule has 0 radical (unpaired) electrons. The van der Waals surface area contributed by atoms with Gasteiger partial charge in [0.1, 0.15) is 5.52 Å². The van der Waals surface area contributed by atoms with Crippen molar-refractivity contribution >= 4 is 45.9 Å². The molecule has 0 saturated carbocycles. The zero-order chi connectivity index (χ0) is 20.8. The van der Waals surface area contributed by atoms with Gasteiger partial charge in [-0.15, -0.1) is 6.58 Å². The highest BCUT2D eigenvalue weighted by molar-refractivity contribution is 7.98. The number of nitrogens with one attached hydrogen (secondary N) is 5. The monoisotopic (exact) mass is 414 g/mol. The lowest BCUT2D eigenvalue weighted by Gasteiger charge is -2.07. The second kappa shape index (κ2) is 9.19. The van der Waals surface area contributed by atoms with Crippen LogP contribution in [-0.4, -0.2) is 59.7 Å². The minimum Gasteiger partial charge on any atom is -0.368 e. The number of anilines is 2. The molecule has 4 aromatic heterocycles. The van der Waals surface area contributed by atoms with Crippen molar-refractivity contribution in [3.63, 3.8) is 0 Å². The smallest absolute Gasteiger partial charge is 0.278 e. The van der Waals surface area contributed by atoms with Crippen LogP contribution in [0.25, 0.3) is 22.3 Å². The molecular weight excluding hydrogens is 392 g/mol. The van der Waals surface area contributed by atoms with E-state index in [4.69, 9.17) is 0 Å². The summed E-state index contributed by atoms with van der Waals surface area (Å²) in [6.07, 6.45) is 5.94. The number of hydrogen-bond acceptors (Lipinski definition) is 9. The van der Waals surface area contributed by atoms with Gasteiger partial charge in [0, 0.05) is 13.6 Å². The van der Waals surface area contributed by atoms with Gasteiger partial charge in [0.2, 0.25) is 5.95 Å². The van der Waals surface area contributed by atoms with Crippen LogP contribution in [0.5, 0.6) is 0 Å². The van der Waals surface area contributed by atoms with Crippen molar-refractivity contribution in [1.82, 2.24) is 39.9 Å². The molecule has 0 amide bonds. The van der Waals surface area contributed by atoms with E-state index in [9.17, 15) is 4.79 Å². The molecule has 4 heterocycles. The van der Waals surface area contributed by atoms with Gasteiger partial charge in [-0.1, -0.05) is 17.3 Å². The third kappa shape index (κ3) is 4.90. The molecule has 29 heavy (non-hydrogen) atoms. The van der Waals surface area contributed by atoms with Gasteiger partial charge in [0.05, 0.1) is 12.7 Å². The predicted octanol–water partition coefficient (Wildman–Crippen LogP) is 2.14. The van der Waals surface area contributed by atoms with E-state index in [1.165, 1.54) is 18.1 Å². The number of rotatable bonds is 6. The fourth-order valence-electron chi connectivity index (χ4n) is 2.39. The maximum absolute atomic E-state index is 11.2. The van der Waals surface area contributed by atoms with Crippen molar-refractivity contribution in [2.24, 2.45) is 0 Å². The van der Waals surface area contributed by atoms with Gasteiger partial charge in [-0.25, -0.2) is 19.9 Å². The second-order valence-corrected chi connectivity index (χ2v) is 6.83. The summed E-state index contributed by atoms with van der Waals surface area (Å²) < 4.78 is 0. The molecule has 0 aliphatic rings. The molecule has 0 aliphatic carbocycles. The predicted molar refractivity (Wildman–Crippen MR) is 115 cm³/mol. The fraction of sp³-hybridized carbons (Fsp3) is 0.294. The van der Waals surface area contributed by atoms with Crippen LogP contribution in [0.3, 0.4) is 0 Å². The standard InChI is InChI=1S/C11H15N5S.C6H7N5O/c1-7(2)4-5-12-9-8-10(14-6-13-8)16-11(15-9)17-3;1-7-6-10-4-3(5(12)11-6)8-2-9-4/h6H,1,4-5H2,2-3H3,(H2,12,13,14,15,16);2H,1H3,(H3,7,8,9,10,11,12). The quantitative estimate of drug-likeness (QED) is 0.181. The van der Waals surface area contributed by atoms with Gasteiger partial charge in [0.25, 0.3) is 5.56 Å². The maximum atomic E-state index is 11.2. The zero-order valence-electron chi connectivity index (χ0n) is 16.3. The molecule has 0 aromatic carbocycles. The highest BCUT2D eigenvalue weighted by atomic mass is 32.2. The average molecular weight is 414 g/mol. The molecule has 12 heteroatoms. The van der Waals surface area contributed by atoms with Crippen LogP contribution in [-0.2, 0) is 0 Å². The Hall–Kier alpha value is -3.41. The molecule has 4 aromatic rings. The number of thioether (sulfide) groups is 1. The van der Waals surface area contributed by atoms with Crippen molar-refractivity contribution in [3.8, 4) is 0 Å². The first-order valence-corrected chi connectivity index (χ1v) is 9.98. The van der Waals surface area contributed by atoms with E-state index in [-0.39, 0.29) is 5.56 Å². The van der Waals surface area contributed by atoms with Gasteiger partial charge in [-0.05, 0) is 19.6 Å². The van der Waals surface area contributed by atoms with Crippen molar-refractivity contribution in [1.29, 1.82) is 0 Å². The Kier molecular flexibility index (Phi) is 6.44. The minimum atomic E-state index is -0.221. The van der Waals surface area contributed by atoms with Crippen molar-refractivity contribution in [3.05, 3.63) is 35.2 Å². The van der Waals surface area contributed by atoms with E-state index < -0.39 is 0 Å². The van der Waals surface area contributed by atoms with Crippen LogP contribution in [0, 0.1) is 0 Å². The Labute approximate surface area is 170 Å². The molecule has 0 fully saturated rings. The summed E-state index contributed by atoms with van der Waals surface area (Å²) in [5.41, 5.74) is 3.29. The van der Waals surface area contributed by atoms with E-state index in [0.717, 1.165) is 35.0 Å². The highest BCUT2D eigenvalue weighted by Gasteiger charge is 2.08. The molecule has 0 atom stereocenters. The van der Waals surface area contributed by atoms with E-state index in [1.807, 2.05) is 13.2 Å². The third-order valence-electron chi connectivity index (χ3n) is 3.82. The number of imidazole rings is 2. The SMILES string of the molecule is C=C(C)CCNc1nc(SC)nc2nc[nH]c12.CNc1nc2nc[nH]c2c(=O)[nH]1. The van der Waals surface area contributed by atoms with E-state index >= 15 is 0 Å². The first-order valence-electron chi connectivity index (χ1n) is 8.76. The van der Waals surface area contributed by atoms with Crippen LogP contribution < -0.4 is 16.2 Å². The van der Waals surface area contributed by atoms with E-state index in [1.54, 1.807) is 13.4 Å². The summed E-state index contributed by atoms with van der Waals surface area (Å²) in [4.78, 5) is 40.2. The van der Waals surface area contributed by atoms with E-state index in [0.29, 0.717) is 22.8 Å². The number of fused-ring (bicyclic) bond motifs is 2. The van der Waals surface area contributed by atoms with Gasteiger partial charge < -0.3 is 20.6 Å². The van der Waals surface area contributed by atoms with Gasteiger partial charge in [0.15, 0.2) is 27.8 Å². The minimum absolute atomic E-state index is 0.221. The van der Waals surface area contributed by atoms with Gasteiger partial charge in [-0.3, -0.25) is 9.78 Å². The lowest BCUT2D eigenvalue weighted by molar-refractivity contribution is 0.953. The lowest BCUT2D eigenvalue weighted by atomic mass is 10.2. The largest absolute Gasteiger partial charge is 0.368 e. The Bertz CT molecular complexity index is 1180. The Morgan fingerprint density at radius 3 is 2.48 bits per heavy atom. The first-order chi connectivity index (χ1) is 14.0. The molecule has 0 bridgehead atoms. The number of aromatic nitrogens is 8. The molecule has 4 rings (SSSR count). The van der Waals surface area contributed by atoms with Gasteiger partial charge >= 0.3 is 0 Å². The van der Waals surface area contributed by atoms with Crippen LogP contribution in [0.1, 0.15) is 13.3 Å². The van der Waals surface area contributed by atoms with Crippen LogP contribution in [0.15, 0.2) is 34.8 Å². The Morgan fingerprint density at radius 1 is 1.14 bits per heavy atom. The molecule has 0 saturated heterocycles. The summed E-state index contributed by atoms with van der Waals surface area (Å²) in [5.74, 6) is 1.22. The summed E-state index contributed by atoms with van der Waals surface area (Å²) >= 11 is 1.51. The number of aromatic amines is 3. The second-order valence-electron chi connectivity index (χ2n) is 6.06. The summed E-state index contributed by atoms with van der Waals surface area (Å²) in [7, 11) is 1.68. The Morgan fingerprint density at radius 2 is 1.83 bits per heavy atom. The van der Waals surface area contributed by atoms with E-state index in [2.05, 4.69) is 57.1 Å². The summed E-state index contributed by atoms with van der Waals surface area (Å²) in [6, 6.07) is 0. The number of hydrogen-bond donors (Lipinski definition) is 5. The van der Waals surface area contributed by atoms with Crippen molar-refractivity contribution in [2.75, 3.05) is 30.5 Å². The first kappa shape index (κ1) is 20.3. The maximum Gasteiger partial charge on any atom is 0.278 e. The van der Waals surface area contributed by atoms with Gasteiger partial charge in [-0.2, -0.15) is 4.98 Å². The zero-order valence-corrected chi connectivity index (χ0v) is 17.1. The molecule has 5 N–H and O–H groups in total. The lowest BCUT2D eigenvalue weighted by Crippen LogP contribution is -2.11. The summed E-state index contributed by atoms with van der Waals surface area (Å²) in [5, 5.41) is 6.74. The molecule has 0 unspecified atom stereocenters. The molecule has 0 spiro atoms. The molecule has 152 valence electrons. The fourth-order valence-corrected chi connectivity index (χ4v) is 2.75. The average Bonchev–Trinajstić information content (AvgIpc) is 3.37. The molecular formula is C17H22N10OS. The van der Waals surface area contributed by atoms with Crippen molar-refractivity contribution in [2.45, 2.75) is 18.5 Å². The molecule has 11 nitrogen and oxygen atoms in total. The number of H-pyrrole nitrogens is 3. The third-order valence-corrected chi connectivity index (χ3v) is 4.37. The molecule has 0 aliphatic heterocycles. The topological polar surface area (TPSA) is 153 Å². The van der Waals surface area contributed by atoms with Crippen LogP contribution >= 0.6 is 11.8 Å². The van der Waals surface area contributed by atoms with Crippen LogP contribution in [0.2, 0.25) is 0 Å². The normalized spacial score (nSPS) is 10.6. The highest BCUT2D eigenvalue weighted by Crippen LogP contribution is 2.20. The van der Waals surface area contributed by atoms with Crippen LogP contribution in [0.4, 0.5) is 11.8 Å². The van der Waals surface area contributed by atoms with Crippen molar-refractivity contribution < 1.29 is 0 Å². The Balaban J connectivity index is 0.000000176. The summed E-state index contributed by atoms with van der Waals surface area (Å²) in [6.45, 7) is 6.70. The number of nitrogens with zero attached hydrogens (tertiary/aromatic N) is 5.